The largest absolute Gasteiger partial charge is 0.481 e. The molecule has 0 spiro atoms. The summed E-state index contributed by atoms with van der Waals surface area (Å²) in [4.78, 5) is 10.8. The van der Waals surface area contributed by atoms with Crippen molar-refractivity contribution in [1.29, 1.82) is 0 Å². The minimum atomic E-state index is -4.82. The van der Waals surface area contributed by atoms with E-state index in [0.29, 0.717) is 6.08 Å². The Hall–Kier alpha value is -0.490. The summed E-state index contributed by atoms with van der Waals surface area (Å²) in [6.07, 6.45) is 0.649. The van der Waals surface area contributed by atoms with Crippen molar-refractivity contribution in [3.05, 3.63) is 11.1 Å². The van der Waals surface area contributed by atoms with Crippen molar-refractivity contribution in [2.24, 2.45) is 17.3 Å². The van der Waals surface area contributed by atoms with Crippen LogP contribution in [0.4, 0.5) is 17.6 Å². The maximum Gasteiger partial charge on any atom is 0.389 e. The van der Waals surface area contributed by atoms with E-state index >= 15 is 0 Å². The van der Waals surface area contributed by atoms with Crippen LogP contribution in [0.1, 0.15) is 13.8 Å². The molecule has 0 aromatic carbocycles. The van der Waals surface area contributed by atoms with Gasteiger partial charge in [-0.15, -0.1) is 0 Å². The summed E-state index contributed by atoms with van der Waals surface area (Å²) in [7, 11) is 0. The molecule has 1 rings (SSSR count). The van der Waals surface area contributed by atoms with E-state index in [1.165, 1.54) is 13.8 Å². The number of allylic oxidation sites excluding steroid dienone is 2. The van der Waals surface area contributed by atoms with Crippen LogP contribution in [0.15, 0.2) is 11.1 Å². The molecule has 1 aliphatic rings. The minimum Gasteiger partial charge on any atom is -0.481 e. The van der Waals surface area contributed by atoms with Crippen molar-refractivity contribution >= 4 is 29.2 Å². The number of rotatable bonds is 4. The molecular weight excluding hydrogens is 299 g/mol. The summed E-state index contributed by atoms with van der Waals surface area (Å²) < 4.78 is 51.0. The first-order chi connectivity index (χ1) is 7.83. The molecule has 0 heterocycles. The SMILES string of the molecule is CC1(C)[C@H](C(=O)O)[C@@H]1C=C(Cl)C(F)(F)C(F)(F)Cl. The maximum atomic E-state index is 13.1. The van der Waals surface area contributed by atoms with Crippen LogP contribution in [-0.4, -0.2) is 22.4 Å². The highest BCUT2D eigenvalue weighted by atomic mass is 35.5. The average Bonchev–Trinajstić information content (AvgIpc) is 2.65. The molecule has 0 aromatic heterocycles. The van der Waals surface area contributed by atoms with E-state index in [1.54, 1.807) is 0 Å². The van der Waals surface area contributed by atoms with E-state index in [0.717, 1.165) is 0 Å². The van der Waals surface area contributed by atoms with E-state index in [1.807, 2.05) is 0 Å². The summed E-state index contributed by atoms with van der Waals surface area (Å²) in [5, 5.41) is 2.54. The van der Waals surface area contributed by atoms with Gasteiger partial charge in [0.2, 0.25) is 0 Å². The van der Waals surface area contributed by atoms with E-state index in [-0.39, 0.29) is 0 Å². The van der Waals surface area contributed by atoms with Crippen molar-refractivity contribution in [2.45, 2.75) is 25.2 Å². The summed E-state index contributed by atoms with van der Waals surface area (Å²) in [5.74, 6) is -7.66. The number of alkyl halides is 5. The second kappa shape index (κ2) is 4.27. The normalized spacial score (nSPS) is 28.1. The number of halogens is 6. The standard InChI is InChI=1S/C10H10Cl2F4O2/c1-8(2)4(6(8)7(17)18)3-5(11)9(13,14)10(12,15)16/h3-4,6H,1-2H3,(H,17,18)/t4-,6-/m0/s1. The fraction of sp³-hybridized carbons (Fsp3) is 0.700. The van der Waals surface area contributed by atoms with Gasteiger partial charge in [-0.05, 0) is 22.9 Å². The van der Waals surface area contributed by atoms with Gasteiger partial charge >= 0.3 is 17.3 Å². The number of carbonyl (C=O) groups is 1. The van der Waals surface area contributed by atoms with Crippen LogP contribution in [0, 0.1) is 17.3 Å². The Morgan fingerprint density at radius 3 is 2.06 bits per heavy atom. The Bertz CT molecular complexity index is 401. The van der Waals surface area contributed by atoms with Gasteiger partial charge in [-0.2, -0.15) is 17.6 Å². The van der Waals surface area contributed by atoms with E-state index in [9.17, 15) is 22.4 Å². The zero-order chi connectivity index (χ0) is 14.5. The molecular formula is C10H10Cl2F4O2. The van der Waals surface area contributed by atoms with Crippen LogP contribution in [0.2, 0.25) is 0 Å². The first kappa shape index (κ1) is 15.6. The third kappa shape index (κ3) is 2.45. The zero-order valence-corrected chi connectivity index (χ0v) is 10.9. The molecule has 2 atom stereocenters. The number of carboxylic acids is 1. The lowest BCUT2D eigenvalue weighted by Gasteiger charge is -2.20. The molecule has 1 saturated carbocycles. The number of aliphatic carboxylic acids is 1. The Kier molecular flexibility index (Phi) is 3.69. The van der Waals surface area contributed by atoms with Gasteiger partial charge in [-0.3, -0.25) is 4.79 Å². The maximum absolute atomic E-state index is 13.1. The topological polar surface area (TPSA) is 37.3 Å². The Morgan fingerprint density at radius 2 is 1.78 bits per heavy atom. The highest BCUT2D eigenvalue weighted by molar-refractivity contribution is 6.32. The molecule has 104 valence electrons. The van der Waals surface area contributed by atoms with Crippen molar-refractivity contribution in [3.63, 3.8) is 0 Å². The smallest absolute Gasteiger partial charge is 0.389 e. The third-order valence-electron chi connectivity index (χ3n) is 3.16. The summed E-state index contributed by atoms with van der Waals surface area (Å²) >= 11 is 9.41. The molecule has 0 amide bonds. The van der Waals surface area contributed by atoms with Crippen LogP contribution in [0.5, 0.6) is 0 Å². The van der Waals surface area contributed by atoms with Crippen LogP contribution in [0.25, 0.3) is 0 Å². The highest BCUT2D eigenvalue weighted by Crippen LogP contribution is 2.60. The van der Waals surface area contributed by atoms with E-state index in [4.69, 9.17) is 16.7 Å². The number of hydrogen-bond donors (Lipinski definition) is 1. The van der Waals surface area contributed by atoms with Crippen LogP contribution >= 0.6 is 23.2 Å². The van der Waals surface area contributed by atoms with Crippen molar-refractivity contribution in [1.82, 2.24) is 0 Å². The predicted molar refractivity (Wildman–Crippen MR) is 58.1 cm³/mol. The van der Waals surface area contributed by atoms with Crippen molar-refractivity contribution in [3.8, 4) is 0 Å². The predicted octanol–water partition coefficient (Wildman–Crippen LogP) is 3.93. The first-order valence-electron chi connectivity index (χ1n) is 4.88. The van der Waals surface area contributed by atoms with Crippen LogP contribution < -0.4 is 0 Å². The van der Waals surface area contributed by atoms with E-state index in [2.05, 4.69) is 11.6 Å². The van der Waals surface area contributed by atoms with Gasteiger partial charge in [0.1, 0.15) is 0 Å². The molecule has 18 heavy (non-hydrogen) atoms. The molecule has 8 heteroatoms. The van der Waals surface area contributed by atoms with Gasteiger partial charge in [0.05, 0.1) is 11.0 Å². The highest BCUT2D eigenvalue weighted by Gasteiger charge is 2.63. The van der Waals surface area contributed by atoms with Crippen LogP contribution in [-0.2, 0) is 4.79 Å². The van der Waals surface area contributed by atoms with Gasteiger partial charge in [0.15, 0.2) is 0 Å². The van der Waals surface area contributed by atoms with E-state index < -0.39 is 39.6 Å². The molecule has 1 aliphatic carbocycles. The van der Waals surface area contributed by atoms with Gasteiger partial charge in [0.25, 0.3) is 0 Å². The van der Waals surface area contributed by atoms with Crippen LogP contribution in [0.3, 0.4) is 0 Å². The molecule has 1 N–H and O–H groups in total. The zero-order valence-electron chi connectivity index (χ0n) is 9.36. The lowest BCUT2D eigenvalue weighted by Crippen LogP contribution is -2.35. The summed E-state index contributed by atoms with van der Waals surface area (Å²) in [6.45, 7) is 3.04. The second-order valence-corrected chi connectivity index (χ2v) is 5.63. The van der Waals surface area contributed by atoms with Crippen molar-refractivity contribution < 1.29 is 27.5 Å². The van der Waals surface area contributed by atoms with Gasteiger partial charge in [-0.25, -0.2) is 0 Å². The molecule has 0 aliphatic heterocycles. The van der Waals surface area contributed by atoms with Gasteiger partial charge in [0, 0.05) is 0 Å². The number of hydrogen-bond acceptors (Lipinski definition) is 1. The molecule has 0 aromatic rings. The first-order valence-corrected chi connectivity index (χ1v) is 5.64. The average molecular weight is 309 g/mol. The van der Waals surface area contributed by atoms with Crippen molar-refractivity contribution in [2.75, 3.05) is 0 Å². The quantitative estimate of drug-likeness (QED) is 0.631. The molecule has 1 fully saturated rings. The third-order valence-corrected chi connectivity index (χ3v) is 3.76. The molecule has 0 unspecified atom stereocenters. The summed E-state index contributed by atoms with van der Waals surface area (Å²) in [5.41, 5.74) is -0.802. The minimum absolute atomic E-state index is 0.649. The monoisotopic (exact) mass is 308 g/mol. The van der Waals surface area contributed by atoms with Gasteiger partial charge in [-0.1, -0.05) is 31.5 Å². The fourth-order valence-electron chi connectivity index (χ4n) is 1.86. The number of carboxylic acid groups (broad SMARTS) is 1. The van der Waals surface area contributed by atoms with Gasteiger partial charge < -0.3 is 5.11 Å². The molecule has 2 nitrogen and oxygen atoms in total. The molecule has 0 radical (unpaired) electrons. The Balaban J connectivity index is 2.97. The molecule has 0 saturated heterocycles. The second-order valence-electron chi connectivity index (χ2n) is 4.75. The lowest BCUT2D eigenvalue weighted by atomic mass is 10.1. The fourth-order valence-corrected chi connectivity index (χ4v) is 2.26. The molecule has 0 bridgehead atoms. The Morgan fingerprint density at radius 1 is 1.33 bits per heavy atom. The summed E-state index contributed by atoms with van der Waals surface area (Å²) in [6, 6.07) is 0. The Labute approximate surface area is 111 Å². The lowest BCUT2D eigenvalue weighted by molar-refractivity contribution is -0.139.